The van der Waals surface area contributed by atoms with Crippen LogP contribution in [0.4, 0.5) is 13.2 Å². The van der Waals surface area contributed by atoms with Gasteiger partial charge in [0.05, 0.1) is 25.0 Å². The quantitative estimate of drug-likeness (QED) is 0.0717. The van der Waals surface area contributed by atoms with Crippen molar-refractivity contribution in [3.63, 3.8) is 0 Å². The lowest BCUT2D eigenvalue weighted by Gasteiger charge is -2.31. The molecule has 2 N–H and O–H groups in total. The number of alkyl halides is 3. The van der Waals surface area contributed by atoms with Gasteiger partial charge in [-0.1, -0.05) is 50.0 Å². The molecule has 0 aromatic rings. The van der Waals surface area contributed by atoms with E-state index in [0.717, 1.165) is 18.4 Å². The summed E-state index contributed by atoms with van der Waals surface area (Å²) in [6, 6.07) is -0.221. The first-order chi connectivity index (χ1) is 19.1. The second-order valence-corrected chi connectivity index (χ2v) is 9.82. The van der Waals surface area contributed by atoms with E-state index in [2.05, 4.69) is 43.8 Å². The SMILES string of the molecule is C=CCNC(=C)/C(=C(\C=C)N1CCC[C@H]1COCCC(O)N(CC)CC/C(C)=C/C1=C=CC=CC=C1)C(F)(F)F. The van der Waals surface area contributed by atoms with Crippen LogP contribution in [-0.2, 0) is 4.74 Å². The van der Waals surface area contributed by atoms with Gasteiger partial charge < -0.3 is 20.1 Å². The fourth-order valence-corrected chi connectivity index (χ4v) is 4.77. The Morgan fingerprint density at radius 2 is 2.10 bits per heavy atom. The molecule has 1 unspecified atom stereocenters. The van der Waals surface area contributed by atoms with Gasteiger partial charge >= 0.3 is 6.18 Å². The van der Waals surface area contributed by atoms with Crippen LogP contribution >= 0.6 is 0 Å². The first-order valence-corrected chi connectivity index (χ1v) is 13.8. The summed E-state index contributed by atoms with van der Waals surface area (Å²) in [5, 5.41) is 13.4. The lowest BCUT2D eigenvalue weighted by Crippen LogP contribution is -2.38. The van der Waals surface area contributed by atoms with E-state index in [-0.39, 0.29) is 30.6 Å². The van der Waals surface area contributed by atoms with Crippen molar-refractivity contribution >= 4 is 0 Å². The van der Waals surface area contributed by atoms with Crippen LogP contribution in [0.3, 0.4) is 0 Å². The summed E-state index contributed by atoms with van der Waals surface area (Å²) in [5.74, 6) is 0. The monoisotopic (exact) mass is 559 g/mol. The molecule has 0 aromatic heterocycles. The number of hydrogen-bond acceptors (Lipinski definition) is 5. The molecule has 8 heteroatoms. The summed E-state index contributed by atoms with van der Waals surface area (Å²) in [6.07, 6.45) is 12.0. The molecular formula is C32H44F3N3O2. The summed E-state index contributed by atoms with van der Waals surface area (Å²) in [5.41, 5.74) is 4.39. The van der Waals surface area contributed by atoms with E-state index in [4.69, 9.17) is 4.74 Å². The highest BCUT2D eigenvalue weighted by molar-refractivity contribution is 5.41. The summed E-state index contributed by atoms with van der Waals surface area (Å²) in [4.78, 5) is 3.71. The predicted molar refractivity (Wildman–Crippen MR) is 157 cm³/mol. The van der Waals surface area contributed by atoms with Crippen LogP contribution in [-0.4, -0.2) is 72.7 Å². The number of likely N-dealkylation sites (tertiary alicyclic amines) is 1. The highest BCUT2D eigenvalue weighted by Crippen LogP contribution is 2.36. The maximum atomic E-state index is 14.0. The molecule has 5 nitrogen and oxygen atoms in total. The predicted octanol–water partition coefficient (Wildman–Crippen LogP) is 6.33. The van der Waals surface area contributed by atoms with Crippen LogP contribution in [0.5, 0.6) is 0 Å². The van der Waals surface area contributed by atoms with Crippen LogP contribution in [0.2, 0.25) is 0 Å². The second kappa shape index (κ2) is 16.9. The molecule has 1 fully saturated rings. The largest absolute Gasteiger partial charge is 0.420 e. The molecule has 40 heavy (non-hydrogen) atoms. The van der Waals surface area contributed by atoms with E-state index >= 15 is 0 Å². The Bertz CT molecular complexity index is 1060. The third-order valence-electron chi connectivity index (χ3n) is 6.88. The van der Waals surface area contributed by atoms with Gasteiger partial charge in [-0.2, -0.15) is 13.2 Å². The van der Waals surface area contributed by atoms with Crippen LogP contribution in [0, 0.1) is 0 Å². The first-order valence-electron chi connectivity index (χ1n) is 13.8. The molecule has 2 atom stereocenters. The van der Waals surface area contributed by atoms with Crippen molar-refractivity contribution in [2.45, 2.75) is 58.0 Å². The number of ether oxygens (including phenoxy) is 1. The molecule has 1 aliphatic heterocycles. The maximum Gasteiger partial charge on any atom is 0.420 e. The third kappa shape index (κ3) is 10.5. The number of aliphatic hydroxyl groups is 1. The number of hydrogen-bond donors (Lipinski definition) is 2. The van der Waals surface area contributed by atoms with Gasteiger partial charge in [0.25, 0.3) is 0 Å². The molecule has 1 heterocycles. The fourth-order valence-electron chi connectivity index (χ4n) is 4.77. The van der Waals surface area contributed by atoms with Crippen molar-refractivity contribution in [2.75, 3.05) is 39.4 Å². The Morgan fingerprint density at radius 1 is 1.32 bits per heavy atom. The van der Waals surface area contributed by atoms with Gasteiger partial charge in [-0.3, -0.25) is 4.90 Å². The fraction of sp³-hybridized carbons (Fsp3) is 0.469. The van der Waals surface area contributed by atoms with Crippen LogP contribution < -0.4 is 5.32 Å². The average Bonchev–Trinajstić information content (AvgIpc) is 3.22. The van der Waals surface area contributed by atoms with Crippen molar-refractivity contribution in [1.29, 1.82) is 0 Å². The number of halogens is 3. The summed E-state index contributed by atoms with van der Waals surface area (Å²) >= 11 is 0. The molecule has 0 spiro atoms. The zero-order chi connectivity index (χ0) is 29.5. The molecule has 2 rings (SSSR count). The third-order valence-corrected chi connectivity index (χ3v) is 6.88. The minimum absolute atomic E-state index is 0.00244. The molecular weight excluding hydrogens is 515 g/mol. The van der Waals surface area contributed by atoms with E-state index in [1.165, 1.54) is 17.7 Å². The molecule has 0 aromatic carbocycles. The van der Waals surface area contributed by atoms with Crippen molar-refractivity contribution in [1.82, 2.24) is 15.1 Å². The highest BCUT2D eigenvalue weighted by atomic mass is 19.4. The molecule has 0 bridgehead atoms. The van der Waals surface area contributed by atoms with Crippen LogP contribution in [0.1, 0.15) is 39.5 Å². The van der Waals surface area contributed by atoms with Gasteiger partial charge in [0.15, 0.2) is 0 Å². The summed E-state index contributed by atoms with van der Waals surface area (Å²) in [7, 11) is 0. The van der Waals surface area contributed by atoms with Crippen molar-refractivity contribution in [3.8, 4) is 0 Å². The second-order valence-electron chi connectivity index (χ2n) is 9.82. The van der Waals surface area contributed by atoms with Gasteiger partial charge in [0.2, 0.25) is 0 Å². The number of nitrogens with zero attached hydrogens (tertiary/aromatic N) is 2. The van der Waals surface area contributed by atoms with Gasteiger partial charge in [-0.25, -0.2) is 0 Å². The van der Waals surface area contributed by atoms with Crippen molar-refractivity contribution < 1.29 is 23.0 Å². The smallest absolute Gasteiger partial charge is 0.382 e. The number of allylic oxidation sites excluding steroid dienone is 8. The van der Waals surface area contributed by atoms with E-state index in [1.807, 2.05) is 42.2 Å². The molecule has 220 valence electrons. The van der Waals surface area contributed by atoms with Gasteiger partial charge in [-0.05, 0) is 57.0 Å². The maximum absolute atomic E-state index is 14.0. The van der Waals surface area contributed by atoms with Crippen LogP contribution in [0.25, 0.3) is 0 Å². The Morgan fingerprint density at radius 3 is 2.77 bits per heavy atom. The van der Waals surface area contributed by atoms with Crippen molar-refractivity contribution in [3.05, 3.63) is 102 Å². The van der Waals surface area contributed by atoms with Gasteiger partial charge in [0.1, 0.15) is 11.8 Å². The Balaban J connectivity index is 1.92. The Kier molecular flexibility index (Phi) is 14.0. The number of nitrogens with one attached hydrogen (secondary N) is 1. The molecule has 0 radical (unpaired) electrons. The molecule has 0 amide bonds. The number of aliphatic hydroxyl groups excluding tert-OH is 1. The van der Waals surface area contributed by atoms with E-state index < -0.39 is 18.0 Å². The Hall–Kier alpha value is -3.03. The van der Waals surface area contributed by atoms with E-state index in [1.54, 1.807) is 4.90 Å². The van der Waals surface area contributed by atoms with Crippen molar-refractivity contribution in [2.24, 2.45) is 0 Å². The lowest BCUT2D eigenvalue weighted by molar-refractivity contribution is -0.0919. The zero-order valence-corrected chi connectivity index (χ0v) is 23.8. The molecule has 1 saturated heterocycles. The van der Waals surface area contributed by atoms with Gasteiger partial charge in [0, 0.05) is 37.3 Å². The van der Waals surface area contributed by atoms with E-state index in [9.17, 15) is 18.3 Å². The average molecular weight is 560 g/mol. The summed E-state index contributed by atoms with van der Waals surface area (Å²) in [6.45, 7) is 17.5. The Labute approximate surface area is 237 Å². The van der Waals surface area contributed by atoms with Gasteiger partial charge in [-0.15, -0.1) is 12.3 Å². The van der Waals surface area contributed by atoms with E-state index in [0.29, 0.717) is 39.1 Å². The summed E-state index contributed by atoms with van der Waals surface area (Å²) < 4.78 is 48.0. The lowest BCUT2D eigenvalue weighted by atomic mass is 10.1. The molecule has 0 saturated carbocycles. The van der Waals surface area contributed by atoms with Crippen LogP contribution in [0.15, 0.2) is 102 Å². The zero-order valence-electron chi connectivity index (χ0n) is 23.8. The topological polar surface area (TPSA) is 48.0 Å². The standard InChI is InChI=1S/C32H44F3N3O2/c1-6-19-36-26(5)31(32(33,34)35)29(7-2)38-20-13-16-28(38)24-40-22-18-30(39)37(8-3)21-17-25(4)23-27-14-11-9-10-12-15-27/h6-7,9-12,14,23,28,30,36,39H,1-2,5,8,13,16-22,24H2,3-4H3/b25-23+,31-29-/t28-,30?/m0/s1. The minimum atomic E-state index is -4.60. The number of rotatable bonds is 17. The minimum Gasteiger partial charge on any atom is -0.382 e. The highest BCUT2D eigenvalue weighted by Gasteiger charge is 2.40. The molecule has 2 aliphatic rings. The molecule has 1 aliphatic carbocycles. The normalized spacial score (nSPS) is 18.9. The first kappa shape index (κ1) is 33.2.